The van der Waals surface area contributed by atoms with Gasteiger partial charge in [0.15, 0.2) is 0 Å². The van der Waals surface area contributed by atoms with Gasteiger partial charge in [-0.1, -0.05) is 12.1 Å². The van der Waals surface area contributed by atoms with Crippen LogP contribution >= 0.6 is 0 Å². The number of benzene rings is 1. The SMILES string of the molecule is Cc1[nH]c2c(C(=O)NC(C)CC(=O)O)cccc2c1C. The number of H-pyrrole nitrogens is 1. The molecule has 0 saturated carbocycles. The van der Waals surface area contributed by atoms with Crippen molar-refractivity contribution in [2.45, 2.75) is 33.2 Å². The monoisotopic (exact) mass is 274 g/mol. The van der Waals surface area contributed by atoms with E-state index < -0.39 is 12.0 Å². The molecule has 1 heterocycles. The normalized spacial score (nSPS) is 12.3. The molecule has 2 rings (SSSR count). The van der Waals surface area contributed by atoms with E-state index in [0.717, 1.165) is 22.2 Å². The number of aromatic nitrogens is 1. The summed E-state index contributed by atoms with van der Waals surface area (Å²) in [5.41, 5.74) is 3.48. The summed E-state index contributed by atoms with van der Waals surface area (Å²) in [6.07, 6.45) is -0.0928. The van der Waals surface area contributed by atoms with Gasteiger partial charge < -0.3 is 15.4 Å². The van der Waals surface area contributed by atoms with Gasteiger partial charge in [0.25, 0.3) is 5.91 Å². The highest BCUT2D eigenvalue weighted by Gasteiger charge is 2.16. The highest BCUT2D eigenvalue weighted by Crippen LogP contribution is 2.24. The van der Waals surface area contributed by atoms with Gasteiger partial charge in [0.05, 0.1) is 17.5 Å². The molecule has 0 aliphatic rings. The first-order valence-electron chi connectivity index (χ1n) is 6.50. The predicted molar refractivity (Wildman–Crippen MR) is 77.0 cm³/mol. The largest absolute Gasteiger partial charge is 0.481 e. The van der Waals surface area contributed by atoms with Crippen LogP contribution in [0, 0.1) is 13.8 Å². The number of aliphatic carboxylic acids is 1. The minimum atomic E-state index is -0.928. The van der Waals surface area contributed by atoms with E-state index in [0.29, 0.717) is 5.56 Å². The van der Waals surface area contributed by atoms with Crippen LogP contribution in [0.2, 0.25) is 0 Å². The van der Waals surface area contributed by atoms with Crippen molar-refractivity contribution in [2.24, 2.45) is 0 Å². The molecular weight excluding hydrogens is 256 g/mol. The number of aromatic amines is 1. The maximum Gasteiger partial charge on any atom is 0.305 e. The summed E-state index contributed by atoms with van der Waals surface area (Å²) in [6.45, 7) is 5.64. The maximum atomic E-state index is 12.2. The van der Waals surface area contributed by atoms with Crippen LogP contribution in [0.1, 0.15) is 35.0 Å². The predicted octanol–water partition coefficient (Wildman–Crippen LogP) is 2.38. The molecule has 1 unspecified atom stereocenters. The number of carbonyl (C=O) groups excluding carboxylic acids is 1. The third-order valence-corrected chi connectivity index (χ3v) is 3.45. The van der Waals surface area contributed by atoms with Crippen LogP contribution in [0.5, 0.6) is 0 Å². The summed E-state index contributed by atoms with van der Waals surface area (Å²) in [5, 5.41) is 12.4. The van der Waals surface area contributed by atoms with E-state index in [4.69, 9.17) is 5.11 Å². The lowest BCUT2D eigenvalue weighted by Gasteiger charge is -2.12. The minimum Gasteiger partial charge on any atom is -0.481 e. The van der Waals surface area contributed by atoms with Crippen LogP contribution in [0.25, 0.3) is 10.9 Å². The van der Waals surface area contributed by atoms with Gasteiger partial charge in [-0.2, -0.15) is 0 Å². The number of para-hydroxylation sites is 1. The van der Waals surface area contributed by atoms with Crippen LogP contribution in [0.4, 0.5) is 0 Å². The Morgan fingerprint density at radius 2 is 2.05 bits per heavy atom. The molecule has 20 heavy (non-hydrogen) atoms. The Balaban J connectivity index is 2.31. The molecule has 0 fully saturated rings. The van der Waals surface area contributed by atoms with Gasteiger partial charge in [0.1, 0.15) is 0 Å². The Hall–Kier alpha value is -2.30. The summed E-state index contributed by atoms with van der Waals surface area (Å²) >= 11 is 0. The number of hydrogen-bond donors (Lipinski definition) is 3. The zero-order valence-corrected chi connectivity index (χ0v) is 11.8. The molecule has 5 nitrogen and oxygen atoms in total. The summed E-state index contributed by atoms with van der Waals surface area (Å²) in [4.78, 5) is 26.1. The molecule has 1 aromatic carbocycles. The summed E-state index contributed by atoms with van der Waals surface area (Å²) in [5.74, 6) is -1.19. The van der Waals surface area contributed by atoms with Crippen molar-refractivity contribution >= 4 is 22.8 Å². The molecule has 106 valence electrons. The van der Waals surface area contributed by atoms with Gasteiger partial charge in [-0.25, -0.2) is 0 Å². The van der Waals surface area contributed by atoms with Gasteiger partial charge in [-0.3, -0.25) is 9.59 Å². The van der Waals surface area contributed by atoms with E-state index in [-0.39, 0.29) is 12.3 Å². The van der Waals surface area contributed by atoms with E-state index in [9.17, 15) is 9.59 Å². The van der Waals surface area contributed by atoms with Crippen LogP contribution in [0.15, 0.2) is 18.2 Å². The van der Waals surface area contributed by atoms with Gasteiger partial charge in [0.2, 0.25) is 0 Å². The number of amides is 1. The Labute approximate surface area is 117 Å². The second-order valence-corrected chi connectivity index (χ2v) is 5.08. The molecule has 5 heteroatoms. The number of carboxylic acids is 1. The molecule has 0 radical (unpaired) electrons. The standard InChI is InChI=1S/C15H18N2O3/c1-8(7-13(18)19)16-15(20)12-6-4-5-11-9(2)10(3)17-14(11)12/h4-6,8,17H,7H2,1-3H3,(H,16,20)(H,18,19). The van der Waals surface area contributed by atoms with E-state index in [1.165, 1.54) is 0 Å². The smallest absolute Gasteiger partial charge is 0.305 e. The zero-order valence-electron chi connectivity index (χ0n) is 11.8. The second-order valence-electron chi connectivity index (χ2n) is 5.08. The van der Waals surface area contributed by atoms with E-state index >= 15 is 0 Å². The fraction of sp³-hybridized carbons (Fsp3) is 0.333. The van der Waals surface area contributed by atoms with Crippen LogP contribution in [-0.4, -0.2) is 28.0 Å². The Morgan fingerprint density at radius 3 is 2.70 bits per heavy atom. The highest BCUT2D eigenvalue weighted by molar-refractivity contribution is 6.06. The van der Waals surface area contributed by atoms with Gasteiger partial charge in [-0.15, -0.1) is 0 Å². The molecule has 1 amide bonds. The third-order valence-electron chi connectivity index (χ3n) is 3.45. The Kier molecular flexibility index (Phi) is 3.79. The number of rotatable bonds is 4. The number of aryl methyl sites for hydroxylation is 2. The Bertz CT molecular complexity index is 673. The number of nitrogens with one attached hydrogen (secondary N) is 2. The van der Waals surface area contributed by atoms with Crippen LogP contribution in [0.3, 0.4) is 0 Å². The molecule has 0 saturated heterocycles. The molecular formula is C15H18N2O3. The van der Waals surface area contributed by atoms with Gasteiger partial charge >= 0.3 is 5.97 Å². The molecule has 3 N–H and O–H groups in total. The second kappa shape index (κ2) is 5.36. The number of fused-ring (bicyclic) bond motifs is 1. The summed E-state index contributed by atoms with van der Waals surface area (Å²) < 4.78 is 0. The van der Waals surface area contributed by atoms with Crippen molar-refractivity contribution in [2.75, 3.05) is 0 Å². The first-order valence-corrected chi connectivity index (χ1v) is 6.50. The molecule has 0 aliphatic carbocycles. The van der Waals surface area contributed by atoms with Crippen LogP contribution in [-0.2, 0) is 4.79 Å². The molecule has 0 aliphatic heterocycles. The number of hydrogen-bond acceptors (Lipinski definition) is 2. The maximum absolute atomic E-state index is 12.2. The molecule has 0 spiro atoms. The van der Waals surface area contributed by atoms with Crippen molar-refractivity contribution in [1.82, 2.24) is 10.3 Å². The third kappa shape index (κ3) is 2.66. The van der Waals surface area contributed by atoms with Gasteiger partial charge in [0, 0.05) is 17.1 Å². The Morgan fingerprint density at radius 1 is 1.35 bits per heavy atom. The van der Waals surface area contributed by atoms with Crippen molar-refractivity contribution in [3.8, 4) is 0 Å². The van der Waals surface area contributed by atoms with Gasteiger partial charge in [-0.05, 0) is 32.4 Å². The van der Waals surface area contributed by atoms with Crippen molar-refractivity contribution in [1.29, 1.82) is 0 Å². The fourth-order valence-corrected chi connectivity index (χ4v) is 2.29. The lowest BCUT2D eigenvalue weighted by molar-refractivity contribution is -0.137. The van der Waals surface area contributed by atoms with E-state index in [1.807, 2.05) is 26.0 Å². The van der Waals surface area contributed by atoms with Crippen molar-refractivity contribution in [3.63, 3.8) is 0 Å². The van der Waals surface area contributed by atoms with Crippen molar-refractivity contribution < 1.29 is 14.7 Å². The fourth-order valence-electron chi connectivity index (χ4n) is 2.29. The number of carbonyl (C=O) groups is 2. The van der Waals surface area contributed by atoms with Crippen molar-refractivity contribution in [3.05, 3.63) is 35.0 Å². The van der Waals surface area contributed by atoms with E-state index in [2.05, 4.69) is 10.3 Å². The van der Waals surface area contributed by atoms with Crippen LogP contribution < -0.4 is 5.32 Å². The minimum absolute atomic E-state index is 0.0928. The summed E-state index contributed by atoms with van der Waals surface area (Å²) in [7, 11) is 0. The summed E-state index contributed by atoms with van der Waals surface area (Å²) in [6, 6.07) is 5.12. The molecule has 1 aromatic heterocycles. The molecule has 2 aromatic rings. The quantitative estimate of drug-likeness (QED) is 0.800. The average Bonchev–Trinajstić information content (AvgIpc) is 2.64. The lowest BCUT2D eigenvalue weighted by atomic mass is 10.1. The lowest BCUT2D eigenvalue weighted by Crippen LogP contribution is -2.34. The first kappa shape index (κ1) is 14.1. The number of carboxylic acid groups (broad SMARTS) is 1. The molecule has 1 atom stereocenters. The first-order chi connectivity index (χ1) is 9.40. The average molecular weight is 274 g/mol. The zero-order chi connectivity index (χ0) is 14.9. The molecule has 0 bridgehead atoms. The highest BCUT2D eigenvalue weighted by atomic mass is 16.4. The topological polar surface area (TPSA) is 82.2 Å². The van der Waals surface area contributed by atoms with E-state index in [1.54, 1.807) is 13.0 Å².